The van der Waals surface area contributed by atoms with E-state index in [1.54, 1.807) is 0 Å². The van der Waals surface area contributed by atoms with E-state index in [1.165, 1.54) is 24.0 Å². The first-order valence-electron chi connectivity index (χ1n) is 7.62. The first kappa shape index (κ1) is 14.9. The Labute approximate surface area is 122 Å². The van der Waals surface area contributed by atoms with Crippen LogP contribution in [0.15, 0.2) is 47.9 Å². The molecule has 0 aromatic carbocycles. The van der Waals surface area contributed by atoms with E-state index in [2.05, 4.69) is 53.6 Å². The van der Waals surface area contributed by atoms with E-state index < -0.39 is 0 Å². The molecule has 2 heterocycles. The van der Waals surface area contributed by atoms with Crippen LogP contribution in [0.1, 0.15) is 25.7 Å². The summed E-state index contributed by atoms with van der Waals surface area (Å²) in [5.41, 5.74) is 2.67. The van der Waals surface area contributed by atoms with Crippen LogP contribution < -0.4 is 0 Å². The van der Waals surface area contributed by atoms with Gasteiger partial charge in [-0.3, -0.25) is 0 Å². The summed E-state index contributed by atoms with van der Waals surface area (Å²) in [4.78, 5) is 4.54. The van der Waals surface area contributed by atoms with Crippen LogP contribution in [-0.4, -0.2) is 48.2 Å². The highest BCUT2D eigenvalue weighted by Gasteiger charge is 2.08. The topological polar surface area (TPSA) is 26.7 Å². The number of hydrogen-bond donors (Lipinski definition) is 1. The van der Waals surface area contributed by atoms with Crippen molar-refractivity contribution >= 4 is 0 Å². The average Bonchev–Trinajstić information content (AvgIpc) is 2.49. The molecule has 110 valence electrons. The van der Waals surface area contributed by atoms with Gasteiger partial charge in [0.15, 0.2) is 0 Å². The van der Waals surface area contributed by atoms with Crippen LogP contribution in [0.2, 0.25) is 0 Å². The number of nitrogens with zero attached hydrogens (tertiary/aromatic N) is 2. The van der Waals surface area contributed by atoms with Crippen LogP contribution in [0, 0.1) is 0 Å². The Hall–Kier alpha value is -1.48. The Morgan fingerprint density at radius 1 is 0.950 bits per heavy atom. The van der Waals surface area contributed by atoms with Crippen LogP contribution >= 0.6 is 0 Å². The second-order valence-corrected chi connectivity index (χ2v) is 5.52. The molecule has 0 atom stereocenters. The van der Waals surface area contributed by atoms with E-state index in [1.807, 2.05) is 0 Å². The SMILES string of the molecule is CN1C=CC(C2=CCN(CCCCCCO)C=C2)=CC1. The van der Waals surface area contributed by atoms with E-state index >= 15 is 0 Å². The maximum atomic E-state index is 8.74. The van der Waals surface area contributed by atoms with Gasteiger partial charge < -0.3 is 14.9 Å². The molecular formula is C17H26N2O. The first-order valence-corrected chi connectivity index (χ1v) is 7.62. The number of aliphatic hydroxyl groups excluding tert-OH is 1. The molecule has 0 bridgehead atoms. The maximum absolute atomic E-state index is 8.74. The quantitative estimate of drug-likeness (QED) is 0.723. The van der Waals surface area contributed by atoms with Crippen molar-refractivity contribution in [2.45, 2.75) is 25.7 Å². The minimum atomic E-state index is 0.327. The van der Waals surface area contributed by atoms with Crippen molar-refractivity contribution in [3.63, 3.8) is 0 Å². The van der Waals surface area contributed by atoms with Crippen LogP contribution in [0.4, 0.5) is 0 Å². The normalized spacial score (nSPS) is 18.3. The zero-order valence-corrected chi connectivity index (χ0v) is 12.5. The van der Waals surface area contributed by atoms with Crippen LogP contribution in [0.5, 0.6) is 0 Å². The molecule has 2 rings (SSSR count). The molecule has 3 heteroatoms. The fourth-order valence-electron chi connectivity index (χ4n) is 2.48. The minimum absolute atomic E-state index is 0.327. The van der Waals surface area contributed by atoms with Gasteiger partial charge in [-0.2, -0.15) is 0 Å². The fraction of sp³-hybridized carbons (Fsp3) is 0.529. The smallest absolute Gasteiger partial charge is 0.0431 e. The summed E-state index contributed by atoms with van der Waals surface area (Å²) < 4.78 is 0. The Balaban J connectivity index is 1.72. The minimum Gasteiger partial charge on any atom is -0.396 e. The largest absolute Gasteiger partial charge is 0.396 e. The van der Waals surface area contributed by atoms with Gasteiger partial charge >= 0.3 is 0 Å². The highest BCUT2D eigenvalue weighted by Crippen LogP contribution is 2.20. The summed E-state index contributed by atoms with van der Waals surface area (Å²) in [6.45, 7) is 3.44. The predicted octanol–water partition coefficient (Wildman–Crippen LogP) is 2.68. The Morgan fingerprint density at radius 2 is 1.65 bits per heavy atom. The van der Waals surface area contributed by atoms with Gasteiger partial charge in [0.25, 0.3) is 0 Å². The number of unbranched alkanes of at least 4 members (excludes halogenated alkanes) is 3. The van der Waals surface area contributed by atoms with E-state index in [9.17, 15) is 0 Å². The van der Waals surface area contributed by atoms with E-state index in [0.29, 0.717) is 6.61 Å². The number of allylic oxidation sites excluding steroid dienone is 4. The first-order chi connectivity index (χ1) is 9.79. The van der Waals surface area contributed by atoms with Crippen molar-refractivity contribution in [1.29, 1.82) is 0 Å². The highest BCUT2D eigenvalue weighted by atomic mass is 16.2. The number of rotatable bonds is 7. The maximum Gasteiger partial charge on any atom is 0.0431 e. The van der Waals surface area contributed by atoms with E-state index in [0.717, 1.165) is 32.5 Å². The monoisotopic (exact) mass is 274 g/mol. The Morgan fingerprint density at radius 3 is 2.25 bits per heavy atom. The number of likely N-dealkylation sites (N-methyl/N-ethyl adjacent to an activating group) is 1. The molecule has 0 aromatic heterocycles. The van der Waals surface area contributed by atoms with E-state index in [4.69, 9.17) is 5.11 Å². The third kappa shape index (κ3) is 4.57. The molecule has 0 saturated carbocycles. The van der Waals surface area contributed by atoms with Gasteiger partial charge in [0.1, 0.15) is 0 Å². The van der Waals surface area contributed by atoms with Gasteiger partial charge in [-0.15, -0.1) is 0 Å². The third-order valence-corrected chi connectivity index (χ3v) is 3.81. The van der Waals surface area contributed by atoms with Crippen molar-refractivity contribution in [3.05, 3.63) is 47.9 Å². The fourth-order valence-corrected chi connectivity index (χ4v) is 2.48. The lowest BCUT2D eigenvalue weighted by molar-refractivity contribution is 0.281. The van der Waals surface area contributed by atoms with Crippen molar-refractivity contribution in [3.8, 4) is 0 Å². The lowest BCUT2D eigenvalue weighted by Crippen LogP contribution is -2.22. The third-order valence-electron chi connectivity index (χ3n) is 3.81. The van der Waals surface area contributed by atoms with Crippen LogP contribution in [-0.2, 0) is 0 Å². The molecule has 0 amide bonds. The molecule has 0 saturated heterocycles. The second-order valence-electron chi connectivity index (χ2n) is 5.52. The van der Waals surface area contributed by atoms with Crippen LogP contribution in [0.25, 0.3) is 0 Å². The summed E-state index contributed by atoms with van der Waals surface area (Å²) >= 11 is 0. The summed E-state index contributed by atoms with van der Waals surface area (Å²) in [6.07, 6.45) is 17.8. The van der Waals surface area contributed by atoms with Gasteiger partial charge in [-0.25, -0.2) is 0 Å². The van der Waals surface area contributed by atoms with Gasteiger partial charge in [0.2, 0.25) is 0 Å². The Kier molecular flexibility index (Phi) is 5.93. The molecule has 20 heavy (non-hydrogen) atoms. The summed E-state index contributed by atoms with van der Waals surface area (Å²) in [5.74, 6) is 0. The molecule has 0 spiro atoms. The van der Waals surface area contributed by atoms with Gasteiger partial charge in [-0.1, -0.05) is 25.0 Å². The molecular weight excluding hydrogens is 248 g/mol. The van der Waals surface area contributed by atoms with Gasteiger partial charge in [0, 0.05) is 33.3 Å². The molecule has 0 fully saturated rings. The van der Waals surface area contributed by atoms with E-state index in [-0.39, 0.29) is 0 Å². The average molecular weight is 274 g/mol. The van der Waals surface area contributed by atoms with Crippen molar-refractivity contribution in [1.82, 2.24) is 9.80 Å². The number of aliphatic hydroxyl groups is 1. The van der Waals surface area contributed by atoms with Crippen LogP contribution in [0.3, 0.4) is 0 Å². The molecule has 2 aliphatic rings. The lowest BCUT2D eigenvalue weighted by Gasteiger charge is -2.24. The van der Waals surface area contributed by atoms with Crippen molar-refractivity contribution in [2.75, 3.05) is 33.3 Å². The zero-order chi connectivity index (χ0) is 14.2. The Bertz CT molecular complexity index is 421. The highest BCUT2D eigenvalue weighted by molar-refractivity contribution is 5.48. The standard InChI is InChI=1S/C17H26N2O/c1-18-11-6-16(7-12-18)17-8-13-19(14-9-17)10-4-2-3-5-15-20/h6-9,11,13,20H,2-5,10,12,14-15H2,1H3. The molecule has 2 aliphatic heterocycles. The second kappa shape index (κ2) is 7.95. The molecule has 3 nitrogen and oxygen atoms in total. The molecule has 1 N–H and O–H groups in total. The molecule has 0 aliphatic carbocycles. The van der Waals surface area contributed by atoms with Gasteiger partial charge in [-0.05, 0) is 48.5 Å². The molecule has 0 radical (unpaired) electrons. The zero-order valence-electron chi connectivity index (χ0n) is 12.5. The van der Waals surface area contributed by atoms with Crippen molar-refractivity contribution in [2.24, 2.45) is 0 Å². The molecule has 0 aromatic rings. The number of hydrogen-bond acceptors (Lipinski definition) is 3. The van der Waals surface area contributed by atoms with Gasteiger partial charge in [0.05, 0.1) is 0 Å². The van der Waals surface area contributed by atoms with Crippen molar-refractivity contribution < 1.29 is 5.11 Å². The summed E-state index contributed by atoms with van der Waals surface area (Å²) in [5, 5.41) is 8.74. The lowest BCUT2D eigenvalue weighted by atomic mass is 10.0. The predicted molar refractivity (Wildman–Crippen MR) is 84.2 cm³/mol. The summed E-state index contributed by atoms with van der Waals surface area (Å²) in [6, 6.07) is 0. The summed E-state index contributed by atoms with van der Waals surface area (Å²) in [7, 11) is 2.09. The molecule has 0 unspecified atom stereocenters.